The van der Waals surface area contributed by atoms with Gasteiger partial charge in [0.2, 0.25) is 0 Å². The summed E-state index contributed by atoms with van der Waals surface area (Å²) in [6.07, 6.45) is 2.13. The van der Waals surface area contributed by atoms with E-state index in [0.29, 0.717) is 6.04 Å². The van der Waals surface area contributed by atoms with E-state index < -0.39 is 0 Å². The molecule has 0 aliphatic heterocycles. The van der Waals surface area contributed by atoms with Crippen LogP contribution in [0.25, 0.3) is 0 Å². The molecule has 62 valence electrons. The Hall–Kier alpha value is -0.550. The maximum absolute atomic E-state index is 8.92. The summed E-state index contributed by atoms with van der Waals surface area (Å²) in [6.45, 7) is 7.42. The largest absolute Gasteiger partial charge is 0.283 e. The van der Waals surface area contributed by atoms with E-state index in [1.54, 1.807) is 0 Å². The van der Waals surface area contributed by atoms with Crippen LogP contribution in [0.1, 0.15) is 33.6 Å². The van der Waals surface area contributed by atoms with E-state index in [2.05, 4.69) is 31.7 Å². The molecule has 0 unspecified atom stereocenters. The normalized spacial score (nSPS) is 20.4. The molecule has 1 fully saturated rings. The summed E-state index contributed by atoms with van der Waals surface area (Å²) in [7, 11) is 0. The summed E-state index contributed by atoms with van der Waals surface area (Å²) < 4.78 is 0. The Morgan fingerprint density at radius 2 is 2.09 bits per heavy atom. The molecule has 0 saturated heterocycles. The molecule has 0 amide bonds. The first-order chi connectivity index (χ1) is 5.16. The van der Waals surface area contributed by atoms with E-state index in [1.807, 2.05) is 0 Å². The minimum atomic E-state index is -0.0804. The van der Waals surface area contributed by atoms with Crippen LogP contribution in [0.4, 0.5) is 0 Å². The molecule has 1 aliphatic carbocycles. The van der Waals surface area contributed by atoms with Crippen molar-refractivity contribution in [2.45, 2.75) is 45.2 Å². The number of nitriles is 1. The highest BCUT2D eigenvalue weighted by molar-refractivity contribution is 5.19. The lowest BCUT2D eigenvalue weighted by Crippen LogP contribution is -2.41. The summed E-state index contributed by atoms with van der Waals surface area (Å²) in [5.41, 5.74) is -0.0804. The van der Waals surface area contributed by atoms with Gasteiger partial charge in [0.15, 0.2) is 0 Å². The number of hydrogen-bond acceptors (Lipinski definition) is 2. The van der Waals surface area contributed by atoms with Gasteiger partial charge >= 0.3 is 0 Å². The van der Waals surface area contributed by atoms with Crippen LogP contribution in [0, 0.1) is 11.3 Å². The second-order valence-corrected chi connectivity index (χ2v) is 3.52. The van der Waals surface area contributed by atoms with Crippen LogP contribution in [0.5, 0.6) is 0 Å². The summed E-state index contributed by atoms with van der Waals surface area (Å²) in [5, 5.41) is 8.92. The zero-order valence-electron chi connectivity index (χ0n) is 7.59. The molecule has 1 rings (SSSR count). The topological polar surface area (TPSA) is 27.0 Å². The van der Waals surface area contributed by atoms with E-state index in [-0.39, 0.29) is 5.54 Å². The van der Waals surface area contributed by atoms with Gasteiger partial charge in [-0.3, -0.25) is 4.90 Å². The van der Waals surface area contributed by atoms with Crippen molar-refractivity contribution >= 4 is 0 Å². The molecule has 0 bridgehead atoms. The van der Waals surface area contributed by atoms with Crippen molar-refractivity contribution in [3.05, 3.63) is 0 Å². The highest BCUT2D eigenvalue weighted by atomic mass is 15.2. The van der Waals surface area contributed by atoms with E-state index >= 15 is 0 Å². The molecular weight excluding hydrogens is 136 g/mol. The number of rotatable bonds is 3. The Kier molecular flexibility index (Phi) is 2.20. The molecule has 0 heterocycles. The van der Waals surface area contributed by atoms with Gasteiger partial charge in [-0.2, -0.15) is 5.26 Å². The Balaban J connectivity index is 2.63. The third kappa shape index (κ3) is 1.39. The third-order valence-electron chi connectivity index (χ3n) is 2.45. The van der Waals surface area contributed by atoms with Gasteiger partial charge in [0.05, 0.1) is 6.07 Å². The summed E-state index contributed by atoms with van der Waals surface area (Å²) in [4.78, 5) is 2.28. The van der Waals surface area contributed by atoms with Crippen molar-refractivity contribution in [3.63, 3.8) is 0 Å². The molecule has 0 radical (unpaired) electrons. The maximum Gasteiger partial charge on any atom is 0.109 e. The van der Waals surface area contributed by atoms with Gasteiger partial charge in [-0.25, -0.2) is 0 Å². The van der Waals surface area contributed by atoms with Crippen LogP contribution in [-0.4, -0.2) is 23.0 Å². The van der Waals surface area contributed by atoms with Crippen molar-refractivity contribution in [2.75, 3.05) is 6.54 Å². The molecule has 1 saturated carbocycles. The quantitative estimate of drug-likeness (QED) is 0.616. The zero-order valence-corrected chi connectivity index (χ0v) is 7.59. The molecule has 11 heavy (non-hydrogen) atoms. The first-order valence-corrected chi connectivity index (χ1v) is 4.34. The molecular formula is C9H16N2. The van der Waals surface area contributed by atoms with E-state index in [0.717, 1.165) is 19.4 Å². The van der Waals surface area contributed by atoms with Crippen LogP contribution in [0.15, 0.2) is 0 Å². The SMILES string of the molecule is CCN(C(C)C)C1(C#N)CC1. The lowest BCUT2D eigenvalue weighted by Gasteiger charge is -2.29. The van der Waals surface area contributed by atoms with Crippen LogP contribution in [0.2, 0.25) is 0 Å². The van der Waals surface area contributed by atoms with Crippen molar-refractivity contribution < 1.29 is 0 Å². The Morgan fingerprint density at radius 1 is 1.55 bits per heavy atom. The van der Waals surface area contributed by atoms with E-state index in [9.17, 15) is 0 Å². The zero-order chi connectivity index (χ0) is 8.48. The number of hydrogen-bond donors (Lipinski definition) is 0. The monoisotopic (exact) mass is 152 g/mol. The lowest BCUT2D eigenvalue weighted by molar-refractivity contribution is 0.181. The van der Waals surface area contributed by atoms with Crippen LogP contribution in [0.3, 0.4) is 0 Å². The second-order valence-electron chi connectivity index (χ2n) is 3.52. The predicted molar refractivity (Wildman–Crippen MR) is 45.1 cm³/mol. The molecule has 2 nitrogen and oxygen atoms in total. The van der Waals surface area contributed by atoms with Crippen LogP contribution >= 0.6 is 0 Å². The van der Waals surface area contributed by atoms with Crippen LogP contribution < -0.4 is 0 Å². The van der Waals surface area contributed by atoms with Crippen molar-refractivity contribution in [3.8, 4) is 6.07 Å². The van der Waals surface area contributed by atoms with Crippen molar-refractivity contribution in [1.82, 2.24) is 4.90 Å². The van der Waals surface area contributed by atoms with Gasteiger partial charge in [-0.05, 0) is 33.2 Å². The first-order valence-electron chi connectivity index (χ1n) is 4.34. The maximum atomic E-state index is 8.92. The van der Waals surface area contributed by atoms with Gasteiger partial charge in [0.1, 0.15) is 5.54 Å². The fourth-order valence-electron chi connectivity index (χ4n) is 1.74. The molecule has 2 heteroatoms. The standard InChI is InChI=1S/C9H16N2/c1-4-11(8(2)3)9(7-10)5-6-9/h8H,4-6H2,1-3H3. The molecule has 0 spiro atoms. The van der Waals surface area contributed by atoms with Crippen molar-refractivity contribution in [1.29, 1.82) is 5.26 Å². The minimum Gasteiger partial charge on any atom is -0.283 e. The van der Waals surface area contributed by atoms with Crippen LogP contribution in [-0.2, 0) is 0 Å². The summed E-state index contributed by atoms with van der Waals surface area (Å²) in [6, 6.07) is 2.91. The van der Waals surface area contributed by atoms with Gasteiger partial charge < -0.3 is 0 Å². The Labute approximate surface area is 68.8 Å². The molecule has 0 N–H and O–H groups in total. The van der Waals surface area contributed by atoms with E-state index in [1.165, 1.54) is 0 Å². The second kappa shape index (κ2) is 2.83. The highest BCUT2D eigenvalue weighted by Crippen LogP contribution is 2.41. The molecule has 0 atom stereocenters. The molecule has 1 aliphatic rings. The fraction of sp³-hybridized carbons (Fsp3) is 0.889. The summed E-state index contributed by atoms with van der Waals surface area (Å²) in [5.74, 6) is 0. The fourth-order valence-corrected chi connectivity index (χ4v) is 1.74. The predicted octanol–water partition coefficient (Wildman–Crippen LogP) is 1.77. The third-order valence-corrected chi connectivity index (χ3v) is 2.45. The smallest absolute Gasteiger partial charge is 0.109 e. The molecule has 0 aromatic carbocycles. The van der Waals surface area contributed by atoms with Gasteiger partial charge in [-0.1, -0.05) is 6.92 Å². The van der Waals surface area contributed by atoms with Gasteiger partial charge in [0, 0.05) is 6.04 Å². The molecule has 0 aromatic rings. The van der Waals surface area contributed by atoms with E-state index in [4.69, 9.17) is 5.26 Å². The average Bonchev–Trinajstić information content (AvgIpc) is 2.70. The molecule has 0 aromatic heterocycles. The Bertz CT molecular complexity index is 174. The first kappa shape index (κ1) is 8.55. The Morgan fingerprint density at radius 3 is 2.18 bits per heavy atom. The van der Waals surface area contributed by atoms with Gasteiger partial charge in [-0.15, -0.1) is 0 Å². The van der Waals surface area contributed by atoms with Crippen molar-refractivity contribution in [2.24, 2.45) is 0 Å². The number of nitrogens with zero attached hydrogens (tertiary/aromatic N) is 2. The summed E-state index contributed by atoms with van der Waals surface area (Å²) >= 11 is 0. The van der Waals surface area contributed by atoms with Gasteiger partial charge in [0.25, 0.3) is 0 Å². The minimum absolute atomic E-state index is 0.0804. The highest BCUT2D eigenvalue weighted by Gasteiger charge is 2.48. The lowest BCUT2D eigenvalue weighted by atomic mass is 10.2. The average molecular weight is 152 g/mol.